The normalized spacial score (nSPS) is 18.3. The lowest BCUT2D eigenvalue weighted by molar-refractivity contribution is -0.495. The highest BCUT2D eigenvalue weighted by molar-refractivity contribution is 7.90. The highest BCUT2D eigenvalue weighted by Crippen LogP contribution is 2.31. The first-order valence-corrected chi connectivity index (χ1v) is 11.9. The molecule has 0 aliphatic carbocycles. The lowest BCUT2D eigenvalue weighted by atomic mass is 10.0. The Bertz CT molecular complexity index is 1340. The van der Waals surface area contributed by atoms with E-state index in [-0.39, 0.29) is 11.1 Å². The molecule has 0 amide bonds. The molecule has 0 bridgehead atoms. The van der Waals surface area contributed by atoms with Gasteiger partial charge in [0.05, 0.1) is 12.3 Å². The molecular weight excluding hydrogens is 446 g/mol. The van der Waals surface area contributed by atoms with E-state index in [1.807, 2.05) is 59.1 Å². The molecule has 1 atom stereocenters. The van der Waals surface area contributed by atoms with Crippen LogP contribution in [0.1, 0.15) is 11.1 Å². The summed E-state index contributed by atoms with van der Waals surface area (Å²) in [5, 5.41) is 2.43. The third-order valence-electron chi connectivity index (χ3n) is 5.49. The summed E-state index contributed by atoms with van der Waals surface area (Å²) in [6, 6.07) is 23.7. The molecule has 0 fully saturated rings. The van der Waals surface area contributed by atoms with Crippen LogP contribution in [0.15, 0.2) is 88.8 Å². The summed E-state index contributed by atoms with van der Waals surface area (Å²) in [7, 11) is -1.93. The first-order chi connectivity index (χ1) is 15.4. The summed E-state index contributed by atoms with van der Waals surface area (Å²) in [6.07, 6.45) is -0.232. The van der Waals surface area contributed by atoms with Crippen molar-refractivity contribution in [2.75, 3.05) is 13.6 Å². The zero-order chi connectivity index (χ0) is 22.3. The lowest BCUT2D eigenvalue weighted by Gasteiger charge is -2.16. The Morgan fingerprint density at radius 2 is 1.75 bits per heavy atom. The number of sulfonamides is 1. The third-order valence-corrected chi connectivity index (χ3v) is 7.08. The monoisotopic (exact) mass is 466 g/mol. The maximum Gasteiger partial charge on any atom is 0.384 e. The van der Waals surface area contributed by atoms with Crippen molar-refractivity contribution < 1.29 is 13.0 Å². The van der Waals surface area contributed by atoms with Crippen LogP contribution in [0, 0.1) is 0 Å². The third kappa shape index (κ3) is 3.66. The lowest BCUT2D eigenvalue weighted by Crippen LogP contribution is -2.45. The van der Waals surface area contributed by atoms with Crippen LogP contribution in [0.25, 0.3) is 0 Å². The van der Waals surface area contributed by atoms with E-state index in [4.69, 9.17) is 16.6 Å². The molecule has 3 aromatic carbocycles. The number of hydrogen-bond acceptors (Lipinski definition) is 5. The number of hydrogen-bond donors (Lipinski definition) is 2. The number of nitrogens with zero attached hydrogens (tertiary/aromatic N) is 3. The second-order valence-electron chi connectivity index (χ2n) is 7.56. The Morgan fingerprint density at radius 3 is 2.47 bits per heavy atom. The molecule has 2 heterocycles. The molecule has 5 rings (SSSR count). The summed E-state index contributed by atoms with van der Waals surface area (Å²) >= 11 is 6.36. The second-order valence-corrected chi connectivity index (χ2v) is 9.68. The summed E-state index contributed by atoms with van der Waals surface area (Å²) < 4.78 is 30.7. The predicted molar refractivity (Wildman–Crippen MR) is 125 cm³/mol. The van der Waals surface area contributed by atoms with Crippen molar-refractivity contribution in [3.05, 3.63) is 95.0 Å². The zero-order valence-corrected chi connectivity index (χ0v) is 18.8. The fraction of sp³-hybridized carbons (Fsp3) is 0.130. The molecule has 3 aromatic rings. The maximum atomic E-state index is 13.0. The average Bonchev–Trinajstić information content (AvgIpc) is 2.99. The molecule has 162 valence electrons. The van der Waals surface area contributed by atoms with Gasteiger partial charge in [0, 0.05) is 23.2 Å². The Morgan fingerprint density at radius 1 is 1.06 bits per heavy atom. The van der Waals surface area contributed by atoms with Crippen molar-refractivity contribution in [3.63, 3.8) is 0 Å². The van der Waals surface area contributed by atoms with Crippen LogP contribution >= 0.6 is 11.6 Å². The van der Waals surface area contributed by atoms with Gasteiger partial charge in [-0.3, -0.25) is 4.99 Å². The van der Waals surface area contributed by atoms with Gasteiger partial charge in [0.25, 0.3) is 0 Å². The van der Waals surface area contributed by atoms with Gasteiger partial charge in [-0.05, 0) is 30.3 Å². The van der Waals surface area contributed by atoms with E-state index in [0.717, 1.165) is 22.5 Å². The van der Waals surface area contributed by atoms with Gasteiger partial charge >= 0.3 is 16.0 Å². The number of aliphatic imine (C=N–C) groups is 1. The van der Waals surface area contributed by atoms with Crippen LogP contribution in [0.4, 0.5) is 5.69 Å². The first kappa shape index (κ1) is 20.7. The summed E-state index contributed by atoms with van der Waals surface area (Å²) in [5.41, 5.74) is 6.57. The topological polar surface area (TPSA) is 76.8 Å². The summed E-state index contributed by atoms with van der Waals surface area (Å²) in [5.74, 6) is 0.342. The van der Waals surface area contributed by atoms with E-state index in [9.17, 15) is 8.42 Å². The number of likely N-dealkylation sites (N-methyl/N-ethyl adjacent to an activating group) is 1. The minimum atomic E-state index is -3.79. The van der Waals surface area contributed by atoms with Gasteiger partial charge in [-0.25, -0.2) is 4.58 Å². The molecule has 0 aromatic heterocycles. The molecule has 7 nitrogen and oxygen atoms in total. The van der Waals surface area contributed by atoms with Crippen molar-refractivity contribution in [1.82, 2.24) is 15.2 Å². The maximum absolute atomic E-state index is 13.0. The van der Waals surface area contributed by atoms with Gasteiger partial charge in [-0.1, -0.05) is 60.1 Å². The molecule has 0 spiro atoms. The van der Waals surface area contributed by atoms with Crippen LogP contribution in [-0.4, -0.2) is 49.4 Å². The smallest absolute Gasteiger partial charge is 0.279 e. The van der Waals surface area contributed by atoms with Crippen molar-refractivity contribution >= 4 is 39.0 Å². The van der Waals surface area contributed by atoms with E-state index in [1.165, 1.54) is 0 Å². The Kier molecular flexibility index (Phi) is 5.21. The molecule has 0 radical (unpaired) electrons. The number of benzene rings is 3. The van der Waals surface area contributed by atoms with Gasteiger partial charge in [0.1, 0.15) is 10.6 Å². The average molecular weight is 467 g/mol. The fourth-order valence-corrected chi connectivity index (χ4v) is 5.17. The standard InChI is InChI=1S/C23H20ClN5O2S/c1-28-21-15-25-22(16-8-4-2-5-9-16)19-14-17(24)12-13-20(19)29(21)23(26-28)27-32(30,31)18-10-6-3-7-11-18/h2-14,21H,15H2,1H3,(H,26,27)/p+1. The molecule has 9 heteroatoms. The van der Waals surface area contributed by atoms with Crippen LogP contribution in [0.5, 0.6) is 0 Å². The molecule has 2 aliphatic heterocycles. The van der Waals surface area contributed by atoms with Crippen molar-refractivity contribution in [2.24, 2.45) is 4.99 Å². The van der Waals surface area contributed by atoms with E-state index in [1.54, 1.807) is 36.4 Å². The van der Waals surface area contributed by atoms with Crippen molar-refractivity contribution in [3.8, 4) is 0 Å². The molecule has 1 unspecified atom stereocenters. The van der Waals surface area contributed by atoms with Gasteiger partial charge < -0.3 is 0 Å². The van der Waals surface area contributed by atoms with Crippen LogP contribution in [0.2, 0.25) is 5.02 Å². The number of halogens is 1. The first-order valence-electron chi connectivity index (χ1n) is 10.1. The second kappa shape index (κ2) is 8.05. The Hall–Kier alpha value is -3.20. The van der Waals surface area contributed by atoms with Crippen molar-refractivity contribution in [2.45, 2.75) is 11.1 Å². The highest BCUT2D eigenvalue weighted by Gasteiger charge is 2.41. The summed E-state index contributed by atoms with van der Waals surface area (Å²) in [6.45, 7) is 0.427. The number of fused-ring (bicyclic) bond motifs is 3. The van der Waals surface area contributed by atoms with Gasteiger partial charge in [0.15, 0.2) is 6.17 Å². The molecule has 2 N–H and O–H groups in total. The molecular formula is C23H21ClN5O2S+. The fourth-order valence-electron chi connectivity index (χ4n) is 3.97. The van der Waals surface area contributed by atoms with Crippen molar-refractivity contribution in [1.29, 1.82) is 0 Å². The summed E-state index contributed by atoms with van der Waals surface area (Å²) in [4.78, 5) is 5.09. The Labute approximate surface area is 191 Å². The zero-order valence-electron chi connectivity index (χ0n) is 17.2. The van der Waals surface area contributed by atoms with E-state index in [2.05, 4.69) is 10.1 Å². The Balaban J connectivity index is 1.66. The van der Waals surface area contributed by atoms with Gasteiger partial charge in [-0.15, -0.1) is 5.01 Å². The number of rotatable bonds is 3. The predicted octanol–water partition coefficient (Wildman–Crippen LogP) is 2.95. The minimum absolute atomic E-state index is 0.188. The molecule has 0 saturated carbocycles. The van der Waals surface area contributed by atoms with E-state index in [0.29, 0.717) is 17.5 Å². The largest absolute Gasteiger partial charge is 0.384 e. The van der Waals surface area contributed by atoms with Gasteiger partial charge in [-0.2, -0.15) is 18.6 Å². The SMILES string of the molecule is CN1NC(NS(=O)(=O)c2ccccc2)=[N+]2c3ccc(Cl)cc3C(c3ccccc3)=NCC12. The van der Waals surface area contributed by atoms with E-state index >= 15 is 0 Å². The van der Waals surface area contributed by atoms with Gasteiger partial charge in [0.2, 0.25) is 0 Å². The van der Waals surface area contributed by atoms with Crippen LogP contribution in [-0.2, 0) is 10.0 Å². The number of guanidine groups is 1. The van der Waals surface area contributed by atoms with Crippen LogP contribution in [0.3, 0.4) is 0 Å². The quantitative estimate of drug-likeness (QED) is 0.582. The molecule has 0 saturated heterocycles. The highest BCUT2D eigenvalue weighted by atomic mass is 35.5. The number of nitrogens with one attached hydrogen (secondary N) is 2. The number of hydrazine groups is 1. The van der Waals surface area contributed by atoms with E-state index < -0.39 is 10.0 Å². The van der Waals surface area contributed by atoms with Crippen LogP contribution < -0.4 is 10.1 Å². The molecule has 32 heavy (non-hydrogen) atoms. The molecule has 2 aliphatic rings. The minimum Gasteiger partial charge on any atom is -0.279 e.